The maximum Gasteiger partial charge on any atom is 0.382 e. The van der Waals surface area contributed by atoms with Crippen molar-refractivity contribution in [1.82, 2.24) is 9.71 Å². The largest absolute Gasteiger partial charge is 0.409 e. The van der Waals surface area contributed by atoms with Crippen LogP contribution in [0.25, 0.3) is 0 Å². The molecule has 1 heterocycles. The Morgan fingerprint density at radius 3 is 3.00 bits per heavy atom. The molecule has 0 saturated carbocycles. The van der Waals surface area contributed by atoms with Crippen molar-refractivity contribution in [2.24, 2.45) is 0 Å². The predicted molar refractivity (Wildman–Crippen MR) is 53.8 cm³/mol. The second-order valence-electron chi connectivity index (χ2n) is 3.12. The van der Waals surface area contributed by atoms with Crippen LogP contribution in [-0.4, -0.2) is 16.3 Å². The molecule has 1 aromatic rings. The Morgan fingerprint density at radius 2 is 2.33 bits per heavy atom. The van der Waals surface area contributed by atoms with E-state index in [-0.39, 0.29) is 0 Å². The van der Waals surface area contributed by atoms with E-state index < -0.39 is 17.3 Å². The Balaban J connectivity index is 2.61. The highest BCUT2D eigenvalue weighted by Crippen LogP contribution is 2.00. The molecule has 0 atom stereocenters. The lowest BCUT2D eigenvalue weighted by Gasteiger charge is -2.07. The first-order chi connectivity index (χ1) is 7.15. The number of hydrogen-bond donors (Lipinski definition) is 1. The third kappa shape index (κ3) is 3.23. The first kappa shape index (κ1) is 11.5. The molecule has 0 aliphatic heterocycles. The van der Waals surface area contributed by atoms with Crippen molar-refractivity contribution in [1.29, 1.82) is 0 Å². The summed E-state index contributed by atoms with van der Waals surface area (Å²) in [5, 5.41) is 0. The molecule has 0 spiro atoms. The molecule has 0 aliphatic carbocycles. The van der Waals surface area contributed by atoms with Crippen LogP contribution in [0, 0.1) is 5.82 Å². The van der Waals surface area contributed by atoms with E-state index in [9.17, 15) is 9.18 Å². The molecule has 0 aliphatic rings. The molecule has 0 amide bonds. The van der Waals surface area contributed by atoms with Crippen LogP contribution in [0.2, 0.25) is 0 Å². The maximum atomic E-state index is 12.9. The van der Waals surface area contributed by atoms with Gasteiger partial charge in [-0.3, -0.25) is 0 Å². The molecule has 6 heteroatoms. The Bertz CT molecular complexity index is 378. The number of halogens is 1. The van der Waals surface area contributed by atoms with Crippen LogP contribution < -0.4 is 16.3 Å². The first-order valence-corrected chi connectivity index (χ1v) is 4.83. The van der Waals surface area contributed by atoms with E-state index in [0.29, 0.717) is 6.61 Å². The fourth-order valence-corrected chi connectivity index (χ4v) is 1.04. The molecule has 0 fully saturated rings. The van der Waals surface area contributed by atoms with Gasteiger partial charge in [0.1, 0.15) is 6.61 Å². The van der Waals surface area contributed by atoms with Crippen molar-refractivity contribution in [2.45, 2.75) is 26.2 Å². The topological polar surface area (TPSA) is 70.1 Å². The number of anilines is 1. The molecular formula is C9H14FN3O2. The molecule has 5 nitrogen and oxygen atoms in total. The van der Waals surface area contributed by atoms with Crippen LogP contribution in [0.1, 0.15) is 26.2 Å². The zero-order valence-corrected chi connectivity index (χ0v) is 8.57. The first-order valence-electron chi connectivity index (χ1n) is 4.83. The Kier molecular flexibility index (Phi) is 4.08. The van der Waals surface area contributed by atoms with E-state index >= 15 is 0 Å². The summed E-state index contributed by atoms with van der Waals surface area (Å²) in [6.45, 7) is 2.41. The van der Waals surface area contributed by atoms with Gasteiger partial charge in [-0.1, -0.05) is 19.8 Å². The number of nitrogens with two attached hydrogens (primary N) is 1. The Hall–Kier alpha value is -1.59. The van der Waals surface area contributed by atoms with Gasteiger partial charge in [-0.25, -0.2) is 9.18 Å². The van der Waals surface area contributed by atoms with Gasteiger partial charge in [-0.2, -0.15) is 4.98 Å². The summed E-state index contributed by atoms with van der Waals surface area (Å²) in [4.78, 5) is 19.4. The molecule has 15 heavy (non-hydrogen) atoms. The number of nitrogens with zero attached hydrogens (tertiary/aromatic N) is 2. The Morgan fingerprint density at radius 1 is 1.60 bits per heavy atom. The van der Waals surface area contributed by atoms with Gasteiger partial charge in [0.25, 0.3) is 0 Å². The maximum absolute atomic E-state index is 12.9. The minimum absolute atomic E-state index is 0.360. The molecule has 0 unspecified atom stereocenters. The van der Waals surface area contributed by atoms with Crippen LogP contribution >= 0.6 is 0 Å². The number of aromatic nitrogens is 2. The molecule has 1 rings (SSSR count). The summed E-state index contributed by atoms with van der Waals surface area (Å²) in [6.07, 6.45) is 3.76. The smallest absolute Gasteiger partial charge is 0.382 e. The lowest BCUT2D eigenvalue weighted by Crippen LogP contribution is -2.30. The summed E-state index contributed by atoms with van der Waals surface area (Å²) in [6, 6.07) is 0. The summed E-state index contributed by atoms with van der Waals surface area (Å²) in [5.41, 5.74) is 4.41. The van der Waals surface area contributed by atoms with Crippen LogP contribution in [0.4, 0.5) is 10.2 Å². The second-order valence-corrected chi connectivity index (χ2v) is 3.12. The number of rotatable bonds is 5. The van der Waals surface area contributed by atoms with Gasteiger partial charge < -0.3 is 10.6 Å². The van der Waals surface area contributed by atoms with Gasteiger partial charge in [0.05, 0.1) is 6.20 Å². The van der Waals surface area contributed by atoms with Crippen molar-refractivity contribution < 1.29 is 9.23 Å². The second kappa shape index (κ2) is 5.33. The van der Waals surface area contributed by atoms with E-state index in [1.807, 2.05) is 0 Å². The van der Waals surface area contributed by atoms with E-state index in [4.69, 9.17) is 10.6 Å². The van der Waals surface area contributed by atoms with Gasteiger partial charge in [0.2, 0.25) is 0 Å². The molecule has 0 bridgehead atoms. The highest BCUT2D eigenvalue weighted by molar-refractivity contribution is 5.26. The van der Waals surface area contributed by atoms with Gasteiger partial charge in [-0.05, 0) is 6.42 Å². The van der Waals surface area contributed by atoms with Crippen LogP contribution in [0.5, 0.6) is 0 Å². The highest BCUT2D eigenvalue weighted by atomic mass is 19.1. The van der Waals surface area contributed by atoms with Crippen molar-refractivity contribution >= 4 is 5.82 Å². The third-order valence-electron chi connectivity index (χ3n) is 1.86. The summed E-state index contributed by atoms with van der Waals surface area (Å²) in [7, 11) is 0. The number of unbranched alkanes of at least 4 members (excludes halogenated alkanes) is 2. The fraction of sp³-hybridized carbons (Fsp3) is 0.556. The van der Waals surface area contributed by atoms with Gasteiger partial charge >= 0.3 is 5.69 Å². The summed E-state index contributed by atoms with van der Waals surface area (Å²) >= 11 is 0. The Labute approximate surface area is 86.6 Å². The van der Waals surface area contributed by atoms with Gasteiger partial charge in [0.15, 0.2) is 11.6 Å². The lowest BCUT2D eigenvalue weighted by molar-refractivity contribution is 0.0931. The van der Waals surface area contributed by atoms with Crippen molar-refractivity contribution in [3.8, 4) is 0 Å². The lowest BCUT2D eigenvalue weighted by atomic mass is 10.3. The zero-order valence-electron chi connectivity index (χ0n) is 8.57. The number of nitrogen functional groups attached to an aromatic ring is 1. The van der Waals surface area contributed by atoms with Crippen LogP contribution in [-0.2, 0) is 0 Å². The summed E-state index contributed by atoms with van der Waals surface area (Å²) in [5.74, 6) is -1.17. The molecule has 0 radical (unpaired) electrons. The van der Waals surface area contributed by atoms with Crippen molar-refractivity contribution in [3.05, 3.63) is 22.5 Å². The minimum Gasteiger partial charge on any atom is -0.409 e. The van der Waals surface area contributed by atoms with Crippen LogP contribution in [0.3, 0.4) is 0 Å². The molecule has 0 saturated heterocycles. The molecule has 1 aromatic heterocycles. The predicted octanol–water partition coefficient (Wildman–Crippen LogP) is 0.583. The average Bonchev–Trinajstić information content (AvgIpc) is 2.20. The van der Waals surface area contributed by atoms with Crippen molar-refractivity contribution in [3.63, 3.8) is 0 Å². The molecule has 2 N–H and O–H groups in total. The number of hydrogen-bond acceptors (Lipinski definition) is 4. The highest BCUT2D eigenvalue weighted by Gasteiger charge is 2.05. The minimum atomic E-state index is -0.759. The average molecular weight is 215 g/mol. The standard InChI is InChI=1S/C9H14FN3O2/c1-2-3-4-5-15-13-6-7(10)8(11)12-9(13)14/h6H,2-5H2,1H3,(H2,11,12,14). The van der Waals surface area contributed by atoms with E-state index in [1.54, 1.807) is 0 Å². The normalized spacial score (nSPS) is 10.3. The van der Waals surface area contributed by atoms with Crippen LogP contribution in [0.15, 0.2) is 11.0 Å². The van der Waals surface area contributed by atoms with Crippen molar-refractivity contribution in [2.75, 3.05) is 12.3 Å². The van der Waals surface area contributed by atoms with Gasteiger partial charge in [-0.15, -0.1) is 4.73 Å². The quantitative estimate of drug-likeness (QED) is 0.729. The van der Waals surface area contributed by atoms with Gasteiger partial charge in [0, 0.05) is 0 Å². The van der Waals surface area contributed by atoms with E-state index in [1.165, 1.54) is 0 Å². The fourth-order valence-electron chi connectivity index (χ4n) is 1.04. The van der Waals surface area contributed by atoms with E-state index in [0.717, 1.165) is 30.2 Å². The summed E-state index contributed by atoms with van der Waals surface area (Å²) < 4.78 is 13.7. The monoisotopic (exact) mass is 215 g/mol. The molecule has 84 valence electrons. The third-order valence-corrected chi connectivity index (χ3v) is 1.86. The molecular weight excluding hydrogens is 201 g/mol. The SMILES string of the molecule is CCCCCOn1cc(F)c(N)nc1=O. The van der Waals surface area contributed by atoms with E-state index in [2.05, 4.69) is 11.9 Å². The molecule has 0 aromatic carbocycles. The zero-order chi connectivity index (χ0) is 11.3.